The molecule has 1 amide bonds. The van der Waals surface area contributed by atoms with Crippen LogP contribution in [0.25, 0.3) is 10.9 Å². The number of aromatic nitrogens is 2. The Labute approximate surface area is 239 Å². The van der Waals surface area contributed by atoms with E-state index in [2.05, 4.69) is 39.4 Å². The highest BCUT2D eigenvalue weighted by atomic mass is 19.1. The fourth-order valence-corrected chi connectivity index (χ4v) is 6.61. The van der Waals surface area contributed by atoms with Gasteiger partial charge in [-0.2, -0.15) is 9.65 Å². The summed E-state index contributed by atoms with van der Waals surface area (Å²) in [7, 11) is 2.10. The Hall–Kier alpha value is -4.10. The predicted octanol–water partition coefficient (Wildman–Crippen LogP) is 3.75. The standard InChI is InChI=1S/C31H36FN7O2/c1-4-28(40)37-12-14-38(15-13-37)30-22-9-11-39(29-20(2)7-8-25-23(29)16-27(32)34-25)18-26(22)35-31(24(30)17-33)41-19-21-6-5-10-36(21)3/h4,7-8,16,21,34H,1,5-6,9-15,18-19H2,2-3H3/t21-/m0/s1. The Kier molecular flexibility index (Phi) is 7.30. The number of likely N-dealkylation sites (N-methyl/N-ethyl adjacent to an activating group) is 1. The lowest BCUT2D eigenvalue weighted by atomic mass is 9.97. The number of pyridine rings is 1. The zero-order chi connectivity index (χ0) is 28.7. The third-order valence-electron chi connectivity index (χ3n) is 8.83. The molecule has 2 saturated heterocycles. The van der Waals surface area contributed by atoms with E-state index >= 15 is 0 Å². The molecule has 0 aliphatic carbocycles. The number of halogens is 1. The smallest absolute Gasteiger partial charge is 0.246 e. The van der Waals surface area contributed by atoms with Crippen molar-refractivity contribution in [2.45, 2.75) is 38.8 Å². The third-order valence-corrected chi connectivity index (χ3v) is 8.83. The lowest BCUT2D eigenvalue weighted by Crippen LogP contribution is -2.49. The third kappa shape index (κ3) is 4.99. The molecule has 1 N–H and O–H groups in total. The molecule has 10 heteroatoms. The minimum atomic E-state index is -0.357. The number of piperazine rings is 1. The van der Waals surface area contributed by atoms with Crippen LogP contribution in [0.1, 0.15) is 35.2 Å². The number of rotatable bonds is 6. The molecule has 1 atom stereocenters. The van der Waals surface area contributed by atoms with Gasteiger partial charge in [0.15, 0.2) is 5.95 Å². The number of fused-ring (bicyclic) bond motifs is 2. The van der Waals surface area contributed by atoms with Crippen molar-refractivity contribution < 1.29 is 13.9 Å². The van der Waals surface area contributed by atoms with Crippen LogP contribution in [-0.2, 0) is 17.8 Å². The summed E-state index contributed by atoms with van der Waals surface area (Å²) in [6.45, 7) is 10.8. The highest BCUT2D eigenvalue weighted by Crippen LogP contribution is 2.40. The summed E-state index contributed by atoms with van der Waals surface area (Å²) in [4.78, 5) is 28.6. The van der Waals surface area contributed by atoms with Gasteiger partial charge < -0.3 is 29.3 Å². The number of nitriles is 1. The second-order valence-electron chi connectivity index (χ2n) is 11.3. The topological polar surface area (TPSA) is 91.7 Å². The van der Waals surface area contributed by atoms with Gasteiger partial charge in [-0.05, 0) is 57.5 Å². The molecule has 3 aromatic rings. The van der Waals surface area contributed by atoms with E-state index in [9.17, 15) is 14.4 Å². The van der Waals surface area contributed by atoms with Gasteiger partial charge in [0.05, 0.1) is 17.9 Å². The number of hydrogen-bond acceptors (Lipinski definition) is 7. The second kappa shape index (κ2) is 11.1. The molecule has 0 radical (unpaired) electrons. The lowest BCUT2D eigenvalue weighted by molar-refractivity contribution is -0.126. The molecule has 0 unspecified atom stereocenters. The second-order valence-corrected chi connectivity index (χ2v) is 11.3. The van der Waals surface area contributed by atoms with E-state index in [0.717, 1.165) is 58.5 Å². The molecular weight excluding hydrogens is 521 g/mol. The Morgan fingerprint density at radius 2 is 2.02 bits per heavy atom. The normalized spacial score (nSPS) is 19.4. The average Bonchev–Trinajstić information content (AvgIpc) is 3.58. The minimum Gasteiger partial charge on any atom is -0.475 e. The number of carbonyl (C=O) groups excluding carboxylic acids is 1. The number of aromatic amines is 1. The highest BCUT2D eigenvalue weighted by molar-refractivity contribution is 5.94. The fraction of sp³-hybridized carbons (Fsp3) is 0.452. The first-order valence-electron chi connectivity index (χ1n) is 14.4. The summed E-state index contributed by atoms with van der Waals surface area (Å²) in [6.07, 6.45) is 4.22. The number of ether oxygens (including phenoxy) is 1. The van der Waals surface area contributed by atoms with Gasteiger partial charge in [-0.25, -0.2) is 4.98 Å². The highest BCUT2D eigenvalue weighted by Gasteiger charge is 2.32. The van der Waals surface area contributed by atoms with Crippen molar-refractivity contribution in [3.8, 4) is 11.9 Å². The number of benzene rings is 1. The van der Waals surface area contributed by atoms with Crippen LogP contribution in [0.4, 0.5) is 15.8 Å². The quantitative estimate of drug-likeness (QED) is 0.462. The predicted molar refractivity (Wildman–Crippen MR) is 157 cm³/mol. The zero-order valence-electron chi connectivity index (χ0n) is 23.7. The number of likely N-dealkylation sites (tertiary alicyclic amines) is 1. The Morgan fingerprint density at radius 3 is 2.73 bits per heavy atom. The molecule has 41 heavy (non-hydrogen) atoms. The summed E-state index contributed by atoms with van der Waals surface area (Å²) in [5, 5.41) is 11.3. The summed E-state index contributed by atoms with van der Waals surface area (Å²) in [5.74, 6) is -0.0615. The maximum atomic E-state index is 14.2. The monoisotopic (exact) mass is 557 g/mol. The van der Waals surface area contributed by atoms with Crippen molar-refractivity contribution in [2.75, 3.05) is 62.7 Å². The molecule has 214 valence electrons. The molecule has 1 aromatic carbocycles. The number of hydrogen-bond donors (Lipinski definition) is 1. The maximum absolute atomic E-state index is 14.2. The molecule has 0 bridgehead atoms. The van der Waals surface area contributed by atoms with Crippen LogP contribution in [0, 0.1) is 24.2 Å². The Morgan fingerprint density at radius 1 is 1.22 bits per heavy atom. The number of H-pyrrole nitrogens is 1. The minimum absolute atomic E-state index is 0.0759. The van der Waals surface area contributed by atoms with E-state index in [1.54, 1.807) is 11.0 Å². The molecule has 5 heterocycles. The van der Waals surface area contributed by atoms with Gasteiger partial charge in [0.25, 0.3) is 0 Å². The van der Waals surface area contributed by atoms with E-state index in [0.29, 0.717) is 63.7 Å². The molecule has 3 aliphatic heterocycles. The van der Waals surface area contributed by atoms with Crippen LogP contribution in [0.15, 0.2) is 30.9 Å². The van der Waals surface area contributed by atoms with Crippen LogP contribution >= 0.6 is 0 Å². The maximum Gasteiger partial charge on any atom is 0.246 e. The van der Waals surface area contributed by atoms with Crippen molar-refractivity contribution in [1.82, 2.24) is 19.8 Å². The van der Waals surface area contributed by atoms with Crippen molar-refractivity contribution in [3.63, 3.8) is 0 Å². The first-order chi connectivity index (χ1) is 19.9. The number of aryl methyl sites for hydroxylation is 1. The van der Waals surface area contributed by atoms with Crippen LogP contribution < -0.4 is 14.5 Å². The summed E-state index contributed by atoms with van der Waals surface area (Å²) in [6, 6.07) is 8.19. The SMILES string of the molecule is C=CC(=O)N1CCN(c2c(C#N)c(OC[C@@H]3CCCN3C)nc3c2CCN(c2c(C)ccc4[nH]c(F)cc24)C3)CC1. The van der Waals surface area contributed by atoms with Crippen LogP contribution in [0.3, 0.4) is 0 Å². The Bertz CT molecular complexity index is 1540. The van der Waals surface area contributed by atoms with E-state index in [1.165, 1.54) is 6.08 Å². The van der Waals surface area contributed by atoms with Gasteiger partial charge in [0.1, 0.15) is 18.2 Å². The van der Waals surface area contributed by atoms with Gasteiger partial charge in [-0.3, -0.25) is 4.79 Å². The molecular formula is C31H36FN7O2. The number of nitrogens with zero attached hydrogens (tertiary/aromatic N) is 6. The van der Waals surface area contributed by atoms with Crippen molar-refractivity contribution in [3.05, 3.63) is 59.2 Å². The first-order valence-corrected chi connectivity index (χ1v) is 14.4. The molecule has 3 aliphatic rings. The van der Waals surface area contributed by atoms with Gasteiger partial charge in [-0.1, -0.05) is 12.6 Å². The molecule has 2 fully saturated rings. The van der Waals surface area contributed by atoms with Gasteiger partial charge in [0, 0.05) is 67.0 Å². The zero-order valence-corrected chi connectivity index (χ0v) is 23.7. The summed E-state index contributed by atoms with van der Waals surface area (Å²) >= 11 is 0. The first kappa shape index (κ1) is 27.1. The van der Waals surface area contributed by atoms with Gasteiger partial charge in [0.2, 0.25) is 11.8 Å². The molecule has 0 spiro atoms. The number of carbonyl (C=O) groups is 1. The molecule has 0 saturated carbocycles. The molecule has 6 rings (SSSR count). The van der Waals surface area contributed by atoms with E-state index in [1.807, 2.05) is 19.1 Å². The van der Waals surface area contributed by atoms with Gasteiger partial charge >= 0.3 is 0 Å². The van der Waals surface area contributed by atoms with E-state index in [4.69, 9.17) is 9.72 Å². The van der Waals surface area contributed by atoms with Crippen molar-refractivity contribution in [2.24, 2.45) is 0 Å². The lowest BCUT2D eigenvalue weighted by Gasteiger charge is -2.39. The van der Waals surface area contributed by atoms with Crippen LogP contribution in [0.5, 0.6) is 5.88 Å². The van der Waals surface area contributed by atoms with E-state index < -0.39 is 0 Å². The summed E-state index contributed by atoms with van der Waals surface area (Å²) < 4.78 is 20.5. The number of amides is 1. The van der Waals surface area contributed by atoms with E-state index in [-0.39, 0.29) is 17.9 Å². The molecule has 2 aromatic heterocycles. The van der Waals surface area contributed by atoms with Crippen molar-refractivity contribution >= 4 is 28.2 Å². The van der Waals surface area contributed by atoms with Crippen molar-refractivity contribution in [1.29, 1.82) is 5.26 Å². The number of anilines is 2. The van der Waals surface area contributed by atoms with Crippen LogP contribution in [0.2, 0.25) is 0 Å². The average molecular weight is 558 g/mol. The largest absolute Gasteiger partial charge is 0.475 e. The molecule has 9 nitrogen and oxygen atoms in total. The number of nitrogens with one attached hydrogen (secondary N) is 1. The summed E-state index contributed by atoms with van der Waals surface area (Å²) in [5.41, 5.74) is 6.09. The van der Waals surface area contributed by atoms with Crippen LogP contribution in [-0.4, -0.2) is 84.6 Å². The van der Waals surface area contributed by atoms with Gasteiger partial charge in [-0.15, -0.1) is 0 Å². The fourth-order valence-electron chi connectivity index (χ4n) is 6.61. The Balaban J connectivity index is 1.38.